The van der Waals surface area contributed by atoms with Crippen LogP contribution in [0.25, 0.3) is 0 Å². The van der Waals surface area contributed by atoms with Crippen LogP contribution in [0.5, 0.6) is 0 Å². The number of piperazine rings is 1. The third-order valence-corrected chi connectivity index (χ3v) is 2.93. The summed E-state index contributed by atoms with van der Waals surface area (Å²) in [6.07, 6.45) is 0. The smallest absolute Gasteiger partial charge is 0.418 e. The van der Waals surface area contributed by atoms with Gasteiger partial charge in [-0.3, -0.25) is 4.90 Å². The molecule has 1 atom stereocenters. The minimum Gasteiger partial charge on any atom is -0.456 e. The standard InChI is InChI=1S/C11H19IN2O4/c1-9(12)18-11(16)10(15)17-8-7-14-5-3-13(2)4-6-14/h9H,3-8H2,1-2H3/t9-/m1/s1. The molecular weight excluding hydrogens is 351 g/mol. The average molecular weight is 370 g/mol. The van der Waals surface area contributed by atoms with Crippen LogP contribution in [0.1, 0.15) is 6.92 Å². The zero-order chi connectivity index (χ0) is 13.5. The summed E-state index contributed by atoms with van der Waals surface area (Å²) >= 11 is 1.90. The second-order valence-corrected chi connectivity index (χ2v) is 5.98. The van der Waals surface area contributed by atoms with Crippen LogP contribution in [-0.2, 0) is 19.1 Å². The Kier molecular flexibility index (Phi) is 6.87. The summed E-state index contributed by atoms with van der Waals surface area (Å²) in [7, 11) is 2.08. The summed E-state index contributed by atoms with van der Waals surface area (Å²) in [5.41, 5.74) is 0. The number of carbonyl (C=O) groups is 2. The van der Waals surface area contributed by atoms with Crippen molar-refractivity contribution in [2.45, 2.75) is 11.0 Å². The molecule has 1 heterocycles. The van der Waals surface area contributed by atoms with Gasteiger partial charge in [0.15, 0.2) is 0 Å². The van der Waals surface area contributed by atoms with Crippen LogP contribution in [0.2, 0.25) is 0 Å². The van der Waals surface area contributed by atoms with Crippen molar-refractivity contribution in [3.05, 3.63) is 0 Å². The molecule has 0 radical (unpaired) electrons. The second kappa shape index (κ2) is 7.90. The van der Waals surface area contributed by atoms with Gasteiger partial charge in [0.05, 0.1) is 0 Å². The Bertz CT molecular complexity index is 291. The van der Waals surface area contributed by atoms with Gasteiger partial charge in [-0.2, -0.15) is 0 Å². The van der Waals surface area contributed by atoms with Gasteiger partial charge in [0.1, 0.15) is 10.7 Å². The number of nitrogens with zero attached hydrogens (tertiary/aromatic N) is 2. The molecule has 6 nitrogen and oxygen atoms in total. The van der Waals surface area contributed by atoms with Crippen molar-refractivity contribution in [2.75, 3.05) is 46.4 Å². The van der Waals surface area contributed by atoms with Crippen molar-refractivity contribution < 1.29 is 19.1 Å². The van der Waals surface area contributed by atoms with Gasteiger partial charge < -0.3 is 14.4 Å². The van der Waals surface area contributed by atoms with Gasteiger partial charge in [-0.25, -0.2) is 9.59 Å². The second-order valence-electron chi connectivity index (χ2n) is 4.23. The van der Waals surface area contributed by atoms with E-state index in [0.717, 1.165) is 26.2 Å². The van der Waals surface area contributed by atoms with Crippen LogP contribution < -0.4 is 0 Å². The fourth-order valence-corrected chi connectivity index (χ4v) is 1.82. The largest absolute Gasteiger partial charge is 0.456 e. The van der Waals surface area contributed by atoms with Gasteiger partial charge in [0.25, 0.3) is 0 Å². The molecule has 104 valence electrons. The van der Waals surface area contributed by atoms with Gasteiger partial charge >= 0.3 is 11.9 Å². The normalized spacial score (nSPS) is 19.3. The van der Waals surface area contributed by atoms with E-state index >= 15 is 0 Å². The Hall–Kier alpha value is -0.410. The van der Waals surface area contributed by atoms with Crippen LogP contribution in [0.15, 0.2) is 0 Å². The average Bonchev–Trinajstić information content (AvgIpc) is 2.30. The van der Waals surface area contributed by atoms with E-state index in [1.807, 2.05) is 22.6 Å². The number of esters is 2. The van der Waals surface area contributed by atoms with Crippen molar-refractivity contribution >= 4 is 34.5 Å². The summed E-state index contributed by atoms with van der Waals surface area (Å²) in [4.78, 5) is 26.9. The molecule has 0 amide bonds. The molecule has 0 N–H and O–H groups in total. The van der Waals surface area contributed by atoms with Crippen LogP contribution in [-0.4, -0.2) is 72.2 Å². The Morgan fingerprint density at radius 2 is 1.83 bits per heavy atom. The quantitative estimate of drug-likeness (QED) is 0.303. The molecule has 1 rings (SSSR count). The number of hydrogen-bond acceptors (Lipinski definition) is 6. The van der Waals surface area contributed by atoms with E-state index in [1.54, 1.807) is 6.92 Å². The SMILES string of the molecule is C[C@H](I)OC(=O)C(=O)OCCN1CCN(C)CC1. The zero-order valence-corrected chi connectivity index (χ0v) is 12.9. The van der Waals surface area contributed by atoms with E-state index in [-0.39, 0.29) is 10.7 Å². The first-order valence-electron chi connectivity index (χ1n) is 5.91. The summed E-state index contributed by atoms with van der Waals surface area (Å²) in [5.74, 6) is -1.83. The molecule has 7 heteroatoms. The van der Waals surface area contributed by atoms with E-state index < -0.39 is 11.9 Å². The fourth-order valence-electron chi connectivity index (χ4n) is 1.59. The highest BCUT2D eigenvalue weighted by atomic mass is 127. The lowest BCUT2D eigenvalue weighted by molar-refractivity contribution is -0.168. The summed E-state index contributed by atoms with van der Waals surface area (Å²) in [6, 6.07) is 0. The summed E-state index contributed by atoms with van der Waals surface area (Å²) < 4.78 is 9.25. The number of alkyl halides is 1. The predicted octanol–water partition coefficient (Wildman–Crippen LogP) is 0.101. The Morgan fingerprint density at radius 3 is 2.39 bits per heavy atom. The molecule has 18 heavy (non-hydrogen) atoms. The third-order valence-electron chi connectivity index (χ3n) is 2.67. The Morgan fingerprint density at radius 1 is 1.22 bits per heavy atom. The number of hydrogen-bond donors (Lipinski definition) is 0. The molecule has 0 saturated carbocycles. The van der Waals surface area contributed by atoms with Gasteiger partial charge in [0, 0.05) is 32.7 Å². The minimum absolute atomic E-state index is 0.229. The molecule has 1 aliphatic rings. The lowest BCUT2D eigenvalue weighted by atomic mass is 10.3. The van der Waals surface area contributed by atoms with Crippen LogP contribution in [0, 0.1) is 0 Å². The molecule has 0 unspecified atom stereocenters. The van der Waals surface area contributed by atoms with Gasteiger partial charge in [0.2, 0.25) is 0 Å². The third kappa shape index (κ3) is 5.96. The first-order chi connectivity index (χ1) is 8.49. The van der Waals surface area contributed by atoms with Crippen molar-refractivity contribution in [1.82, 2.24) is 9.80 Å². The van der Waals surface area contributed by atoms with E-state index in [2.05, 4.69) is 16.8 Å². The lowest BCUT2D eigenvalue weighted by Gasteiger charge is -2.31. The van der Waals surface area contributed by atoms with E-state index in [9.17, 15) is 9.59 Å². The number of halogens is 1. The minimum atomic E-state index is -0.921. The zero-order valence-electron chi connectivity index (χ0n) is 10.7. The van der Waals surface area contributed by atoms with Crippen LogP contribution in [0.3, 0.4) is 0 Å². The maximum absolute atomic E-state index is 11.2. The molecule has 0 aromatic rings. The van der Waals surface area contributed by atoms with E-state index in [0.29, 0.717) is 6.54 Å². The van der Waals surface area contributed by atoms with E-state index in [1.165, 1.54) is 0 Å². The van der Waals surface area contributed by atoms with Crippen molar-refractivity contribution in [2.24, 2.45) is 0 Å². The monoisotopic (exact) mass is 370 g/mol. The molecule has 1 aliphatic heterocycles. The Balaban J connectivity index is 2.13. The fraction of sp³-hybridized carbons (Fsp3) is 0.818. The molecule has 1 saturated heterocycles. The van der Waals surface area contributed by atoms with Crippen molar-refractivity contribution in [3.8, 4) is 0 Å². The first-order valence-corrected chi connectivity index (χ1v) is 7.16. The molecule has 0 aliphatic carbocycles. The topological polar surface area (TPSA) is 59.1 Å². The number of carbonyl (C=O) groups excluding carboxylic acids is 2. The van der Waals surface area contributed by atoms with Gasteiger partial charge in [-0.15, -0.1) is 0 Å². The molecule has 0 aromatic heterocycles. The van der Waals surface area contributed by atoms with E-state index in [4.69, 9.17) is 9.47 Å². The number of rotatable bonds is 4. The van der Waals surface area contributed by atoms with Gasteiger partial charge in [-0.05, 0) is 36.6 Å². The van der Waals surface area contributed by atoms with Gasteiger partial charge in [-0.1, -0.05) is 0 Å². The first kappa shape index (κ1) is 15.6. The van der Waals surface area contributed by atoms with Crippen LogP contribution >= 0.6 is 22.6 Å². The highest BCUT2D eigenvalue weighted by Crippen LogP contribution is 2.02. The van der Waals surface area contributed by atoms with Crippen LogP contribution in [0.4, 0.5) is 0 Å². The predicted molar refractivity (Wildman–Crippen MR) is 74.5 cm³/mol. The Labute approximate surface area is 121 Å². The molecular formula is C11H19IN2O4. The number of likely N-dealkylation sites (N-methyl/N-ethyl adjacent to an activating group) is 1. The summed E-state index contributed by atoms with van der Waals surface area (Å²) in [5, 5.41) is 0. The molecule has 0 bridgehead atoms. The highest BCUT2D eigenvalue weighted by molar-refractivity contribution is 14.1. The molecule has 1 fully saturated rings. The summed E-state index contributed by atoms with van der Waals surface area (Å²) in [6.45, 7) is 6.52. The maximum Gasteiger partial charge on any atom is 0.418 e. The van der Waals surface area contributed by atoms with Crippen molar-refractivity contribution in [1.29, 1.82) is 0 Å². The van der Waals surface area contributed by atoms with Crippen molar-refractivity contribution in [3.63, 3.8) is 0 Å². The maximum atomic E-state index is 11.2. The lowest BCUT2D eigenvalue weighted by Crippen LogP contribution is -2.45. The molecule has 0 spiro atoms. The number of ether oxygens (including phenoxy) is 2. The highest BCUT2D eigenvalue weighted by Gasteiger charge is 2.20. The molecule has 0 aromatic carbocycles.